The maximum atomic E-state index is 6.03. The first kappa shape index (κ1) is 15.2. The molecule has 0 aliphatic carbocycles. The predicted octanol–water partition coefficient (Wildman–Crippen LogP) is 4.28. The van der Waals surface area contributed by atoms with Gasteiger partial charge in [-0.15, -0.1) is 0 Å². The molecular weight excluding hydrogens is 293 g/mol. The summed E-state index contributed by atoms with van der Waals surface area (Å²) in [5, 5.41) is 1.23. The van der Waals surface area contributed by atoms with Crippen LogP contribution in [0.25, 0.3) is 0 Å². The monoisotopic (exact) mass is 309 g/mol. The standard InChI is InChI=1S/C15H17Cl2N3/c1-10-7-14(17)19-15(18-10)9-20(3)11(2)12-5-4-6-13(16)8-12/h4-8,11H,9H2,1-3H3. The Bertz CT molecular complexity index is 581. The molecule has 0 aliphatic heterocycles. The van der Waals surface area contributed by atoms with Crippen LogP contribution in [0.1, 0.15) is 30.0 Å². The van der Waals surface area contributed by atoms with Crippen LogP contribution in [-0.4, -0.2) is 21.9 Å². The van der Waals surface area contributed by atoms with Gasteiger partial charge in [-0.2, -0.15) is 0 Å². The zero-order valence-corrected chi connectivity index (χ0v) is 13.3. The summed E-state index contributed by atoms with van der Waals surface area (Å²) in [6.07, 6.45) is 0. The summed E-state index contributed by atoms with van der Waals surface area (Å²) in [6.45, 7) is 4.68. The van der Waals surface area contributed by atoms with Gasteiger partial charge in [-0.1, -0.05) is 35.3 Å². The van der Waals surface area contributed by atoms with E-state index in [0.29, 0.717) is 11.7 Å². The molecule has 0 amide bonds. The second-order valence-electron chi connectivity index (χ2n) is 4.89. The van der Waals surface area contributed by atoms with Gasteiger partial charge in [-0.3, -0.25) is 4.90 Å². The fourth-order valence-corrected chi connectivity index (χ4v) is 2.49. The lowest BCUT2D eigenvalue weighted by Gasteiger charge is -2.24. The van der Waals surface area contributed by atoms with Crippen LogP contribution in [0.4, 0.5) is 0 Å². The average molecular weight is 310 g/mol. The lowest BCUT2D eigenvalue weighted by atomic mass is 10.1. The van der Waals surface area contributed by atoms with Crippen LogP contribution >= 0.6 is 23.2 Å². The normalized spacial score (nSPS) is 12.7. The summed E-state index contributed by atoms with van der Waals surface area (Å²) in [5.41, 5.74) is 2.04. The molecule has 0 bridgehead atoms. The first-order valence-corrected chi connectivity index (χ1v) is 7.17. The molecule has 3 nitrogen and oxygen atoms in total. The second-order valence-corrected chi connectivity index (χ2v) is 5.72. The lowest BCUT2D eigenvalue weighted by Crippen LogP contribution is -2.23. The van der Waals surface area contributed by atoms with Crippen molar-refractivity contribution in [2.45, 2.75) is 26.4 Å². The SMILES string of the molecule is Cc1cc(Cl)nc(CN(C)C(C)c2cccc(Cl)c2)n1. The number of benzene rings is 1. The number of hydrogen-bond donors (Lipinski definition) is 0. The zero-order valence-electron chi connectivity index (χ0n) is 11.8. The van der Waals surface area contributed by atoms with Crippen molar-refractivity contribution in [1.82, 2.24) is 14.9 Å². The minimum absolute atomic E-state index is 0.219. The molecule has 5 heteroatoms. The van der Waals surface area contributed by atoms with Gasteiger partial charge in [0.05, 0.1) is 6.54 Å². The van der Waals surface area contributed by atoms with E-state index >= 15 is 0 Å². The molecule has 1 heterocycles. The number of halogens is 2. The Morgan fingerprint density at radius 1 is 1.20 bits per heavy atom. The van der Waals surface area contributed by atoms with Crippen LogP contribution in [0.3, 0.4) is 0 Å². The quantitative estimate of drug-likeness (QED) is 0.789. The Balaban J connectivity index is 2.13. The first-order chi connectivity index (χ1) is 9.45. The van der Waals surface area contributed by atoms with Crippen molar-refractivity contribution >= 4 is 23.2 Å². The van der Waals surface area contributed by atoms with Crippen LogP contribution in [0.15, 0.2) is 30.3 Å². The molecule has 1 unspecified atom stereocenters. The van der Waals surface area contributed by atoms with Gasteiger partial charge in [-0.25, -0.2) is 9.97 Å². The third-order valence-electron chi connectivity index (χ3n) is 3.25. The van der Waals surface area contributed by atoms with Gasteiger partial charge >= 0.3 is 0 Å². The Morgan fingerprint density at radius 3 is 2.60 bits per heavy atom. The molecule has 0 saturated carbocycles. The fourth-order valence-electron chi connectivity index (χ4n) is 2.04. The number of nitrogens with zero attached hydrogens (tertiary/aromatic N) is 3. The number of aromatic nitrogens is 2. The van der Waals surface area contributed by atoms with E-state index in [1.54, 1.807) is 6.07 Å². The molecule has 0 saturated heterocycles. The Labute approximate surface area is 129 Å². The molecule has 0 spiro atoms. The molecule has 1 aromatic heterocycles. The number of hydrogen-bond acceptors (Lipinski definition) is 3. The third kappa shape index (κ3) is 3.92. The largest absolute Gasteiger partial charge is 0.292 e. The van der Waals surface area contributed by atoms with Gasteiger partial charge in [0.25, 0.3) is 0 Å². The summed E-state index contributed by atoms with van der Waals surface area (Å²) in [7, 11) is 2.03. The van der Waals surface area contributed by atoms with Crippen molar-refractivity contribution in [2.24, 2.45) is 0 Å². The summed E-state index contributed by atoms with van der Waals surface area (Å²) in [5.74, 6) is 0.728. The Hall–Kier alpha value is -1.16. The van der Waals surface area contributed by atoms with Gasteiger partial charge < -0.3 is 0 Å². The minimum Gasteiger partial charge on any atom is -0.292 e. The smallest absolute Gasteiger partial charge is 0.144 e. The average Bonchev–Trinajstić information content (AvgIpc) is 2.36. The van der Waals surface area contributed by atoms with Crippen LogP contribution in [0.2, 0.25) is 10.2 Å². The summed E-state index contributed by atoms with van der Waals surface area (Å²) in [6, 6.07) is 9.86. The molecule has 106 valence electrons. The summed E-state index contributed by atoms with van der Waals surface area (Å²) >= 11 is 12.0. The highest BCUT2D eigenvalue weighted by atomic mass is 35.5. The fraction of sp³-hybridized carbons (Fsp3) is 0.333. The maximum absolute atomic E-state index is 6.03. The molecule has 0 radical (unpaired) electrons. The first-order valence-electron chi connectivity index (χ1n) is 6.41. The highest BCUT2D eigenvalue weighted by Crippen LogP contribution is 2.23. The van der Waals surface area contributed by atoms with Crippen molar-refractivity contribution in [2.75, 3.05) is 7.05 Å². The van der Waals surface area contributed by atoms with E-state index in [9.17, 15) is 0 Å². The van der Waals surface area contributed by atoms with E-state index in [1.165, 1.54) is 5.56 Å². The predicted molar refractivity (Wildman–Crippen MR) is 83.1 cm³/mol. The Morgan fingerprint density at radius 2 is 1.95 bits per heavy atom. The van der Waals surface area contributed by atoms with E-state index in [2.05, 4.69) is 27.9 Å². The van der Waals surface area contributed by atoms with Gasteiger partial charge in [0.15, 0.2) is 0 Å². The van der Waals surface area contributed by atoms with Crippen molar-refractivity contribution in [1.29, 1.82) is 0 Å². The van der Waals surface area contributed by atoms with Crippen molar-refractivity contribution in [3.8, 4) is 0 Å². The van der Waals surface area contributed by atoms with Crippen LogP contribution in [0, 0.1) is 6.92 Å². The molecule has 0 N–H and O–H groups in total. The highest BCUT2D eigenvalue weighted by molar-refractivity contribution is 6.30. The van der Waals surface area contributed by atoms with Crippen LogP contribution in [0.5, 0.6) is 0 Å². The van der Waals surface area contributed by atoms with E-state index < -0.39 is 0 Å². The zero-order chi connectivity index (χ0) is 14.7. The number of rotatable bonds is 4. The maximum Gasteiger partial charge on any atom is 0.144 e. The molecule has 0 fully saturated rings. The molecule has 1 atom stereocenters. The van der Waals surface area contributed by atoms with Crippen molar-refractivity contribution in [3.63, 3.8) is 0 Å². The van der Waals surface area contributed by atoms with Crippen LogP contribution < -0.4 is 0 Å². The minimum atomic E-state index is 0.219. The van der Waals surface area contributed by atoms with E-state index in [0.717, 1.165) is 16.5 Å². The summed E-state index contributed by atoms with van der Waals surface area (Å²) in [4.78, 5) is 10.8. The summed E-state index contributed by atoms with van der Waals surface area (Å²) < 4.78 is 0. The van der Waals surface area contributed by atoms with Crippen LogP contribution in [-0.2, 0) is 6.54 Å². The second kappa shape index (κ2) is 6.53. The third-order valence-corrected chi connectivity index (χ3v) is 3.68. The van der Waals surface area contributed by atoms with E-state index in [-0.39, 0.29) is 6.04 Å². The molecule has 20 heavy (non-hydrogen) atoms. The van der Waals surface area contributed by atoms with Gasteiger partial charge in [0, 0.05) is 16.8 Å². The van der Waals surface area contributed by atoms with Gasteiger partial charge in [0.1, 0.15) is 11.0 Å². The topological polar surface area (TPSA) is 29.0 Å². The van der Waals surface area contributed by atoms with Crippen molar-refractivity contribution < 1.29 is 0 Å². The molecule has 2 aromatic rings. The molecule has 2 rings (SSSR count). The van der Waals surface area contributed by atoms with Gasteiger partial charge in [-0.05, 0) is 44.7 Å². The highest BCUT2D eigenvalue weighted by Gasteiger charge is 2.14. The van der Waals surface area contributed by atoms with Crippen molar-refractivity contribution in [3.05, 3.63) is 57.6 Å². The molecule has 0 aliphatic rings. The van der Waals surface area contributed by atoms with E-state index in [1.807, 2.05) is 32.2 Å². The number of aryl methyl sites for hydroxylation is 1. The lowest BCUT2D eigenvalue weighted by molar-refractivity contribution is 0.246. The molecule has 1 aromatic carbocycles. The Kier molecular flexibility index (Phi) is 4.97. The molecular formula is C15H17Cl2N3. The van der Waals surface area contributed by atoms with Gasteiger partial charge in [0.2, 0.25) is 0 Å². The van der Waals surface area contributed by atoms with E-state index in [4.69, 9.17) is 23.2 Å².